The van der Waals surface area contributed by atoms with E-state index in [1.54, 1.807) is 11.0 Å². The highest BCUT2D eigenvalue weighted by atomic mass is 127. The number of nitrogens with zero attached hydrogens (tertiary/aromatic N) is 2. The van der Waals surface area contributed by atoms with Crippen LogP contribution >= 0.6 is 22.6 Å². The topological polar surface area (TPSA) is 111 Å². The summed E-state index contributed by atoms with van der Waals surface area (Å²) in [6, 6.07) is 13.9. The van der Waals surface area contributed by atoms with E-state index in [0.29, 0.717) is 28.6 Å². The first kappa shape index (κ1) is 35.6. The second-order valence-corrected chi connectivity index (χ2v) is 14.4. The zero-order chi connectivity index (χ0) is 33.7. The van der Waals surface area contributed by atoms with Crippen LogP contribution in [0.3, 0.4) is 0 Å². The van der Waals surface area contributed by atoms with Crippen LogP contribution in [0.2, 0.25) is 0 Å². The maximum absolute atomic E-state index is 14.1. The van der Waals surface area contributed by atoms with Crippen molar-refractivity contribution in [1.29, 1.82) is 0 Å². The zero-order valence-electron chi connectivity index (χ0n) is 27.8. The van der Waals surface area contributed by atoms with Gasteiger partial charge >= 0.3 is 0 Å². The highest BCUT2D eigenvalue weighted by molar-refractivity contribution is 14.1. The van der Waals surface area contributed by atoms with Crippen molar-refractivity contribution in [2.45, 2.75) is 83.9 Å². The molecule has 0 unspecified atom stereocenters. The summed E-state index contributed by atoms with van der Waals surface area (Å²) in [7, 11) is 1.53. The number of imide groups is 1. The van der Waals surface area contributed by atoms with Crippen molar-refractivity contribution in [3.8, 4) is 11.5 Å². The van der Waals surface area contributed by atoms with E-state index < -0.39 is 23.9 Å². The number of phenolic OH excluding ortho intramolecular Hbond substituents is 1. The average molecular weight is 757 g/mol. The van der Waals surface area contributed by atoms with Crippen molar-refractivity contribution >= 4 is 40.5 Å². The van der Waals surface area contributed by atoms with E-state index in [-0.39, 0.29) is 30.2 Å². The van der Waals surface area contributed by atoms with E-state index >= 15 is 0 Å². The van der Waals surface area contributed by atoms with Gasteiger partial charge in [0.25, 0.3) is 0 Å². The number of amides is 2. The molecule has 0 aromatic heterocycles. The van der Waals surface area contributed by atoms with Gasteiger partial charge in [0.05, 0.1) is 35.2 Å². The number of hydrogen-bond acceptors (Lipinski definition) is 7. The van der Waals surface area contributed by atoms with Crippen LogP contribution in [-0.4, -0.2) is 75.9 Å². The molecule has 2 heterocycles. The summed E-state index contributed by atoms with van der Waals surface area (Å²) in [5.41, 5.74) is 5.11. The maximum Gasteiger partial charge on any atom is 0.234 e. The molecule has 5 rings (SSSR count). The van der Waals surface area contributed by atoms with Gasteiger partial charge in [-0.3, -0.25) is 19.4 Å². The van der Waals surface area contributed by atoms with Crippen LogP contribution in [0.15, 0.2) is 59.2 Å². The number of fused-ring (bicyclic) bond motifs is 1. The number of aliphatic hydroxyl groups excluding tert-OH is 2. The van der Waals surface area contributed by atoms with Crippen LogP contribution in [0.1, 0.15) is 76.3 Å². The van der Waals surface area contributed by atoms with Crippen molar-refractivity contribution in [2.75, 3.05) is 26.8 Å². The van der Waals surface area contributed by atoms with E-state index in [1.165, 1.54) is 12.7 Å². The molecule has 2 saturated heterocycles. The summed E-state index contributed by atoms with van der Waals surface area (Å²) in [6.07, 6.45) is 6.67. The number of rotatable bonds is 13. The summed E-state index contributed by atoms with van der Waals surface area (Å²) in [6.45, 7) is 6.39. The molecule has 2 aliphatic heterocycles. The van der Waals surface area contributed by atoms with E-state index in [1.807, 2.05) is 24.3 Å². The number of ether oxygens (including phenoxy) is 1. The molecule has 4 atom stereocenters. The lowest BCUT2D eigenvalue weighted by molar-refractivity contribution is -0.144. The molecule has 0 radical (unpaired) electrons. The molecule has 0 saturated carbocycles. The molecule has 8 nitrogen and oxygen atoms in total. The smallest absolute Gasteiger partial charge is 0.234 e. The average Bonchev–Trinajstić information content (AvgIpc) is 3.33. The van der Waals surface area contributed by atoms with E-state index in [2.05, 4.69) is 59.5 Å². The number of hydrogen-bond donors (Lipinski definition) is 3. The van der Waals surface area contributed by atoms with Gasteiger partial charge in [-0.15, -0.1) is 0 Å². The van der Waals surface area contributed by atoms with E-state index in [9.17, 15) is 24.9 Å². The van der Waals surface area contributed by atoms with Gasteiger partial charge in [0.2, 0.25) is 11.8 Å². The summed E-state index contributed by atoms with van der Waals surface area (Å²) >= 11 is 2.08. The van der Waals surface area contributed by atoms with E-state index in [0.717, 1.165) is 74.0 Å². The van der Waals surface area contributed by atoms with Gasteiger partial charge in [0.15, 0.2) is 11.5 Å². The van der Waals surface area contributed by atoms with Crippen LogP contribution in [0.5, 0.6) is 11.5 Å². The van der Waals surface area contributed by atoms with Gasteiger partial charge < -0.3 is 20.1 Å². The molecule has 9 heteroatoms. The Bertz CT molecular complexity index is 1480. The molecule has 254 valence electrons. The fraction of sp³-hybridized carbons (Fsp3) is 0.526. The number of carbonyl (C=O) groups excluding carboxylic acids is 2. The molecule has 2 aromatic rings. The number of aromatic hydroxyl groups is 1. The number of aliphatic hydroxyl groups is 2. The maximum atomic E-state index is 14.1. The lowest BCUT2D eigenvalue weighted by Crippen LogP contribution is -2.47. The predicted molar refractivity (Wildman–Crippen MR) is 192 cm³/mol. The Labute approximate surface area is 292 Å². The summed E-state index contributed by atoms with van der Waals surface area (Å²) in [5.74, 6) is -1.42. The third kappa shape index (κ3) is 7.79. The van der Waals surface area contributed by atoms with Crippen LogP contribution in [0.4, 0.5) is 0 Å². The molecule has 47 heavy (non-hydrogen) atoms. The third-order valence-electron chi connectivity index (χ3n) is 10.3. The highest BCUT2D eigenvalue weighted by Crippen LogP contribution is 2.48. The molecule has 1 aliphatic carbocycles. The first-order chi connectivity index (χ1) is 22.7. The largest absolute Gasteiger partial charge is 0.504 e. The van der Waals surface area contributed by atoms with Crippen LogP contribution in [0.25, 0.3) is 6.08 Å². The first-order valence-electron chi connectivity index (χ1n) is 17.1. The van der Waals surface area contributed by atoms with Gasteiger partial charge in [0.1, 0.15) is 0 Å². The Balaban J connectivity index is 1.30. The van der Waals surface area contributed by atoms with Crippen molar-refractivity contribution in [3.05, 3.63) is 73.9 Å². The van der Waals surface area contributed by atoms with Gasteiger partial charge in [-0.1, -0.05) is 67.8 Å². The van der Waals surface area contributed by atoms with Crippen molar-refractivity contribution in [3.63, 3.8) is 0 Å². The summed E-state index contributed by atoms with van der Waals surface area (Å²) in [4.78, 5) is 31.9. The Kier molecular flexibility index (Phi) is 12.2. The normalized spacial score (nSPS) is 23.4. The van der Waals surface area contributed by atoms with Crippen molar-refractivity contribution in [1.82, 2.24) is 9.80 Å². The second-order valence-electron chi connectivity index (χ2n) is 13.2. The standard InChI is InChI=1S/C38H49IN2O6/c1-4-9-27-21-29-35(38(46)41(37(29)45)28-14-16-40(17-15-28)22-25-10-7-6-8-11-25)30(23-42)34(27)32(43)13-12-24(5-2)18-26-19-31(39)36(44)33(20-26)47-3/h6-8,10-11,18-20,28-30,32,35,42-44H,4-5,9,12-17,21-23H2,1-3H3/b24-18+/t29-,30+,32-,35-/m1/s1. The number of halogens is 1. The Hall–Kier alpha value is -2.73. The quantitative estimate of drug-likeness (QED) is 0.125. The van der Waals surface area contributed by atoms with Crippen LogP contribution in [0, 0.1) is 21.3 Å². The lowest BCUT2D eigenvalue weighted by Gasteiger charge is -2.37. The SMILES string of the molecule is CCCC1=C([C@H](O)CC/C(=C/c2cc(I)c(O)c(OC)c2)CC)[C@H](CO)[C@@H]2C(=O)N(C3CCN(Cc4ccccc4)CC3)C(=O)[C@@H]2C1. The molecule has 3 N–H and O–H groups in total. The summed E-state index contributed by atoms with van der Waals surface area (Å²) < 4.78 is 6.03. The van der Waals surface area contributed by atoms with Crippen molar-refractivity contribution < 1.29 is 29.6 Å². The Morgan fingerprint density at radius 1 is 1.11 bits per heavy atom. The third-order valence-corrected chi connectivity index (χ3v) is 11.2. The first-order valence-corrected chi connectivity index (χ1v) is 18.2. The number of allylic oxidation sites excluding steroid dienone is 2. The number of piperidine rings is 1. The van der Waals surface area contributed by atoms with E-state index in [4.69, 9.17) is 4.74 Å². The van der Waals surface area contributed by atoms with Crippen molar-refractivity contribution in [2.24, 2.45) is 17.8 Å². The number of methoxy groups -OCH3 is 1. The zero-order valence-corrected chi connectivity index (χ0v) is 30.0. The highest BCUT2D eigenvalue weighted by Gasteiger charge is 2.56. The summed E-state index contributed by atoms with van der Waals surface area (Å²) in [5, 5.41) is 32.7. The molecular formula is C38H49IN2O6. The fourth-order valence-corrected chi connectivity index (χ4v) is 8.58. The Morgan fingerprint density at radius 2 is 1.83 bits per heavy atom. The Morgan fingerprint density at radius 3 is 2.47 bits per heavy atom. The predicted octanol–water partition coefficient (Wildman–Crippen LogP) is 6.31. The molecule has 2 aromatic carbocycles. The van der Waals surface area contributed by atoms with Gasteiger partial charge in [-0.25, -0.2) is 0 Å². The number of phenols is 1. The number of benzene rings is 2. The number of likely N-dealkylation sites (tertiary alicyclic amines) is 2. The molecular weight excluding hydrogens is 707 g/mol. The van der Waals surface area contributed by atoms with Crippen LogP contribution in [-0.2, 0) is 16.1 Å². The minimum absolute atomic E-state index is 0.0998. The molecule has 2 amide bonds. The minimum atomic E-state index is -0.822. The second kappa shape index (κ2) is 16.1. The van der Waals surface area contributed by atoms with Gasteiger partial charge in [0, 0.05) is 31.6 Å². The van der Waals surface area contributed by atoms with Gasteiger partial charge in [-0.05, 0) is 96.4 Å². The monoisotopic (exact) mass is 756 g/mol. The molecule has 3 aliphatic rings. The molecule has 2 fully saturated rings. The lowest BCUT2D eigenvalue weighted by atomic mass is 9.67. The van der Waals surface area contributed by atoms with Crippen LogP contribution < -0.4 is 4.74 Å². The fourth-order valence-electron chi connectivity index (χ4n) is 7.96. The molecule has 0 spiro atoms. The number of carbonyl (C=O) groups is 2. The van der Waals surface area contributed by atoms with Gasteiger partial charge in [-0.2, -0.15) is 0 Å². The molecule has 0 bridgehead atoms. The minimum Gasteiger partial charge on any atom is -0.504 e.